The maximum atomic E-state index is 10.0. The van der Waals surface area contributed by atoms with E-state index in [4.69, 9.17) is 11.6 Å². The lowest BCUT2D eigenvalue weighted by molar-refractivity contribution is -0.138. The molecular formula is C18H25ClN4O4. The Labute approximate surface area is 163 Å². The number of phenolic OH excluding ortho intramolecular Hbond substituents is 2. The summed E-state index contributed by atoms with van der Waals surface area (Å²) < 4.78 is 4.55. The molecule has 0 atom stereocenters. The minimum Gasteiger partial charge on any atom is -0.507 e. The van der Waals surface area contributed by atoms with Crippen LogP contribution in [0.15, 0.2) is 18.3 Å². The van der Waals surface area contributed by atoms with Gasteiger partial charge >= 0.3 is 0 Å². The molecule has 0 aliphatic carbocycles. The standard InChI is InChI=1S/C13H15ClN4O2.C5H10O2/c14-9-5-8(11(19)6-12(9)20)13-10(7-16-17-13)18-3-1-15-2-4-18;1-5(2,3)7-4-6/h5-7,15,19-20H,1-4H2,(H,16,17);4H,1-3H3. The Morgan fingerprint density at radius 1 is 1.22 bits per heavy atom. The number of benzene rings is 1. The molecule has 0 bridgehead atoms. The van der Waals surface area contributed by atoms with Crippen molar-refractivity contribution >= 4 is 23.8 Å². The number of ether oxygens (including phenoxy) is 1. The number of nitrogens with one attached hydrogen (secondary N) is 2. The predicted octanol–water partition coefficient (Wildman–Crippen LogP) is 2.51. The predicted molar refractivity (Wildman–Crippen MR) is 104 cm³/mol. The molecule has 1 aromatic heterocycles. The number of piperazine rings is 1. The third-order valence-corrected chi connectivity index (χ3v) is 4.12. The van der Waals surface area contributed by atoms with Gasteiger partial charge in [0.1, 0.15) is 17.1 Å². The number of rotatable bonds is 3. The van der Waals surface area contributed by atoms with Gasteiger partial charge in [0, 0.05) is 37.8 Å². The van der Waals surface area contributed by atoms with Gasteiger partial charge in [-0.05, 0) is 26.8 Å². The first kappa shape index (κ1) is 20.9. The highest BCUT2D eigenvalue weighted by molar-refractivity contribution is 6.32. The molecule has 0 saturated carbocycles. The number of carbonyl (C=O) groups is 1. The fourth-order valence-electron chi connectivity index (χ4n) is 2.52. The lowest BCUT2D eigenvalue weighted by atomic mass is 10.1. The van der Waals surface area contributed by atoms with E-state index in [9.17, 15) is 15.0 Å². The van der Waals surface area contributed by atoms with Crippen molar-refractivity contribution in [3.8, 4) is 22.8 Å². The van der Waals surface area contributed by atoms with E-state index in [0.29, 0.717) is 17.7 Å². The fraction of sp³-hybridized carbons (Fsp3) is 0.444. The lowest BCUT2D eigenvalue weighted by Gasteiger charge is -2.29. The Morgan fingerprint density at radius 2 is 1.89 bits per heavy atom. The van der Waals surface area contributed by atoms with Crippen LogP contribution in [0, 0.1) is 0 Å². The molecule has 1 aliphatic heterocycles. The number of hydrogen-bond donors (Lipinski definition) is 4. The summed E-state index contributed by atoms with van der Waals surface area (Å²) in [5.74, 6) is -0.177. The molecule has 0 spiro atoms. The monoisotopic (exact) mass is 396 g/mol. The summed E-state index contributed by atoms with van der Waals surface area (Å²) in [4.78, 5) is 11.8. The molecule has 8 nitrogen and oxygen atoms in total. The summed E-state index contributed by atoms with van der Waals surface area (Å²) >= 11 is 5.92. The minimum atomic E-state index is -0.318. The maximum Gasteiger partial charge on any atom is 0.293 e. The second kappa shape index (κ2) is 8.96. The zero-order valence-electron chi connectivity index (χ0n) is 15.6. The van der Waals surface area contributed by atoms with Crippen molar-refractivity contribution in [3.05, 3.63) is 23.4 Å². The van der Waals surface area contributed by atoms with Gasteiger partial charge in [-0.15, -0.1) is 0 Å². The van der Waals surface area contributed by atoms with Gasteiger partial charge in [0.15, 0.2) is 0 Å². The first-order chi connectivity index (χ1) is 12.7. The summed E-state index contributed by atoms with van der Waals surface area (Å²) in [6, 6.07) is 2.77. The van der Waals surface area contributed by atoms with Gasteiger partial charge in [-0.25, -0.2) is 0 Å². The summed E-state index contributed by atoms with van der Waals surface area (Å²) in [6.45, 7) is 9.49. The molecule has 148 valence electrons. The van der Waals surface area contributed by atoms with Crippen LogP contribution in [0.5, 0.6) is 11.5 Å². The van der Waals surface area contributed by atoms with Gasteiger partial charge in [0.05, 0.1) is 22.6 Å². The number of halogens is 1. The van der Waals surface area contributed by atoms with Crippen molar-refractivity contribution in [2.45, 2.75) is 26.4 Å². The normalized spacial score (nSPS) is 14.3. The molecule has 0 unspecified atom stereocenters. The van der Waals surface area contributed by atoms with E-state index in [2.05, 4.69) is 25.2 Å². The molecule has 27 heavy (non-hydrogen) atoms. The summed E-state index contributed by atoms with van der Waals surface area (Å²) in [5.41, 5.74) is 1.83. The van der Waals surface area contributed by atoms with Crippen molar-refractivity contribution < 1.29 is 19.7 Å². The second-order valence-corrected chi connectivity index (χ2v) is 7.42. The van der Waals surface area contributed by atoms with Gasteiger partial charge in [0.2, 0.25) is 0 Å². The van der Waals surface area contributed by atoms with Crippen molar-refractivity contribution in [2.75, 3.05) is 31.1 Å². The van der Waals surface area contributed by atoms with Crippen LogP contribution >= 0.6 is 11.6 Å². The Hall–Kier alpha value is -2.45. The summed E-state index contributed by atoms with van der Waals surface area (Å²) in [6.07, 6.45) is 1.74. The molecule has 1 saturated heterocycles. The van der Waals surface area contributed by atoms with Gasteiger partial charge in [0.25, 0.3) is 6.47 Å². The molecule has 0 amide bonds. The van der Waals surface area contributed by atoms with Crippen LogP contribution in [0.2, 0.25) is 5.02 Å². The SMILES string of the molecule is CC(C)(C)OC=O.Oc1cc(O)c(-c2[nH]ncc2N2CCNCC2)cc1Cl. The number of nitrogens with zero attached hydrogens (tertiary/aromatic N) is 2. The molecule has 4 N–H and O–H groups in total. The highest BCUT2D eigenvalue weighted by Crippen LogP contribution is 2.39. The van der Waals surface area contributed by atoms with E-state index < -0.39 is 0 Å². The smallest absolute Gasteiger partial charge is 0.293 e. The van der Waals surface area contributed by atoms with E-state index in [-0.39, 0.29) is 22.1 Å². The number of anilines is 1. The van der Waals surface area contributed by atoms with Crippen molar-refractivity contribution in [3.63, 3.8) is 0 Å². The quantitative estimate of drug-likeness (QED) is 0.590. The number of aromatic nitrogens is 2. The number of H-pyrrole nitrogens is 1. The number of carbonyl (C=O) groups excluding carboxylic acids is 1. The van der Waals surface area contributed by atoms with Crippen LogP contribution in [0.25, 0.3) is 11.3 Å². The van der Waals surface area contributed by atoms with Crippen LogP contribution in [-0.4, -0.2) is 58.7 Å². The molecule has 1 aliphatic rings. The van der Waals surface area contributed by atoms with Crippen LogP contribution < -0.4 is 10.2 Å². The van der Waals surface area contributed by atoms with Crippen LogP contribution in [0.3, 0.4) is 0 Å². The molecule has 9 heteroatoms. The number of phenols is 2. The second-order valence-electron chi connectivity index (χ2n) is 7.01. The van der Waals surface area contributed by atoms with Crippen molar-refractivity contribution in [2.24, 2.45) is 0 Å². The summed E-state index contributed by atoms with van der Waals surface area (Å²) in [7, 11) is 0. The van der Waals surface area contributed by atoms with E-state index in [1.165, 1.54) is 12.1 Å². The Morgan fingerprint density at radius 3 is 2.44 bits per heavy atom. The fourth-order valence-corrected chi connectivity index (χ4v) is 2.68. The molecule has 1 fully saturated rings. The molecule has 2 heterocycles. The Kier molecular flexibility index (Phi) is 6.92. The van der Waals surface area contributed by atoms with Crippen molar-refractivity contribution in [1.82, 2.24) is 15.5 Å². The van der Waals surface area contributed by atoms with E-state index in [1.54, 1.807) is 6.20 Å². The summed E-state index contributed by atoms with van der Waals surface area (Å²) in [5, 5.41) is 30.0. The average molecular weight is 397 g/mol. The van der Waals surface area contributed by atoms with Crippen LogP contribution in [0.4, 0.5) is 5.69 Å². The van der Waals surface area contributed by atoms with Gasteiger partial charge in [-0.2, -0.15) is 5.10 Å². The lowest BCUT2D eigenvalue weighted by Crippen LogP contribution is -2.43. The van der Waals surface area contributed by atoms with Gasteiger partial charge in [-0.3, -0.25) is 9.89 Å². The first-order valence-corrected chi connectivity index (χ1v) is 8.93. The van der Waals surface area contributed by atoms with Crippen LogP contribution in [-0.2, 0) is 9.53 Å². The van der Waals surface area contributed by atoms with E-state index in [1.807, 2.05) is 20.8 Å². The third-order valence-electron chi connectivity index (χ3n) is 3.81. The van der Waals surface area contributed by atoms with Crippen LogP contribution in [0.1, 0.15) is 20.8 Å². The van der Waals surface area contributed by atoms with Gasteiger partial charge < -0.3 is 25.2 Å². The minimum absolute atomic E-state index is 0.0347. The zero-order chi connectivity index (χ0) is 20.0. The number of aromatic hydroxyl groups is 2. The molecule has 1 aromatic carbocycles. The highest BCUT2D eigenvalue weighted by atomic mass is 35.5. The Balaban J connectivity index is 0.000000321. The number of aromatic amines is 1. The number of hydrogen-bond acceptors (Lipinski definition) is 7. The molecule has 3 rings (SSSR count). The van der Waals surface area contributed by atoms with E-state index in [0.717, 1.165) is 31.9 Å². The highest BCUT2D eigenvalue weighted by Gasteiger charge is 2.20. The average Bonchev–Trinajstić information content (AvgIpc) is 3.08. The molecule has 0 radical (unpaired) electrons. The van der Waals surface area contributed by atoms with E-state index >= 15 is 0 Å². The third kappa shape index (κ3) is 5.77. The van der Waals surface area contributed by atoms with Crippen molar-refractivity contribution in [1.29, 1.82) is 0 Å². The largest absolute Gasteiger partial charge is 0.507 e. The first-order valence-electron chi connectivity index (χ1n) is 8.55. The topological polar surface area (TPSA) is 111 Å². The van der Waals surface area contributed by atoms with Gasteiger partial charge in [-0.1, -0.05) is 11.6 Å². The Bertz CT molecular complexity index is 767. The maximum absolute atomic E-state index is 10.0. The molecular weight excluding hydrogens is 372 g/mol. The molecule has 2 aromatic rings. The zero-order valence-corrected chi connectivity index (χ0v) is 16.4.